The van der Waals surface area contributed by atoms with E-state index in [1.165, 1.54) is 0 Å². The molecule has 0 saturated heterocycles. The second kappa shape index (κ2) is 4.15. The number of rotatable bonds is 0. The summed E-state index contributed by atoms with van der Waals surface area (Å²) in [4.78, 5) is 12.6. The van der Waals surface area contributed by atoms with Gasteiger partial charge in [0, 0.05) is 5.56 Å². The van der Waals surface area contributed by atoms with E-state index in [1.807, 2.05) is 19.9 Å². The number of phenols is 2. The van der Waals surface area contributed by atoms with E-state index in [0.29, 0.717) is 16.5 Å². The van der Waals surface area contributed by atoms with Crippen molar-refractivity contribution in [3.8, 4) is 11.5 Å². The smallest absolute Gasteiger partial charge is 0.204 e. The van der Waals surface area contributed by atoms with Gasteiger partial charge in [-0.15, -0.1) is 0 Å². The van der Waals surface area contributed by atoms with Crippen molar-refractivity contribution in [2.24, 2.45) is 0 Å². The minimum Gasteiger partial charge on any atom is -0.504 e. The molecule has 1 heterocycles. The molecule has 108 valence electrons. The maximum Gasteiger partial charge on any atom is 0.204 e. The normalized spacial score (nSPS) is 11.4. The lowest BCUT2D eigenvalue weighted by atomic mass is 10.0. The molecule has 0 bridgehead atoms. The van der Waals surface area contributed by atoms with Crippen LogP contribution in [0.15, 0.2) is 21.3 Å². The zero-order valence-corrected chi connectivity index (χ0v) is 11.9. The van der Waals surface area contributed by atoms with Crippen molar-refractivity contribution in [1.82, 2.24) is 0 Å². The molecule has 0 aliphatic heterocycles. The molecule has 0 saturated carbocycles. The average molecular weight is 285 g/mol. The molecule has 0 fully saturated rings. The Kier molecular flexibility index (Phi) is 2.63. The molecule has 3 aromatic rings. The van der Waals surface area contributed by atoms with Crippen LogP contribution in [0.2, 0.25) is 0 Å². The van der Waals surface area contributed by atoms with Crippen LogP contribution in [0, 0.1) is 20.8 Å². The molecule has 5 nitrogen and oxygen atoms in total. The number of phenolic OH excluding ortho intramolecular Hbond substituents is 2. The van der Waals surface area contributed by atoms with Gasteiger partial charge in [-0.25, -0.2) is 0 Å². The molecule has 3 rings (SSSR count). The van der Waals surface area contributed by atoms with Crippen molar-refractivity contribution in [2.45, 2.75) is 20.8 Å². The Hall–Kier alpha value is -2.69. The van der Waals surface area contributed by atoms with Gasteiger partial charge in [0.2, 0.25) is 5.43 Å². The molecule has 4 N–H and O–H groups in total. The Balaban J connectivity index is 2.71. The van der Waals surface area contributed by atoms with Crippen molar-refractivity contribution in [3.05, 3.63) is 39.0 Å². The molecule has 0 unspecified atom stereocenters. The summed E-state index contributed by atoms with van der Waals surface area (Å²) in [6.07, 6.45) is 0. The summed E-state index contributed by atoms with van der Waals surface area (Å²) in [6.45, 7) is 5.43. The van der Waals surface area contributed by atoms with Crippen LogP contribution in [0.4, 0.5) is 5.69 Å². The molecule has 5 heteroatoms. The highest BCUT2D eigenvalue weighted by Gasteiger charge is 2.21. The van der Waals surface area contributed by atoms with Crippen LogP contribution in [-0.4, -0.2) is 10.2 Å². The fourth-order valence-electron chi connectivity index (χ4n) is 2.52. The van der Waals surface area contributed by atoms with E-state index in [0.717, 1.165) is 11.1 Å². The molecular weight excluding hydrogens is 270 g/mol. The molecule has 21 heavy (non-hydrogen) atoms. The first kappa shape index (κ1) is 13.3. The fourth-order valence-corrected chi connectivity index (χ4v) is 2.52. The van der Waals surface area contributed by atoms with Crippen LogP contribution in [0.5, 0.6) is 11.5 Å². The molecule has 0 aliphatic rings. The van der Waals surface area contributed by atoms with Crippen LogP contribution in [0.3, 0.4) is 0 Å². The summed E-state index contributed by atoms with van der Waals surface area (Å²) in [6, 6.07) is 3.48. The first-order valence-corrected chi connectivity index (χ1v) is 6.51. The monoisotopic (exact) mass is 285 g/mol. The lowest BCUT2D eigenvalue weighted by Crippen LogP contribution is -2.06. The van der Waals surface area contributed by atoms with E-state index in [2.05, 4.69) is 0 Å². The molecule has 0 aliphatic carbocycles. The van der Waals surface area contributed by atoms with Gasteiger partial charge in [0.25, 0.3) is 0 Å². The van der Waals surface area contributed by atoms with Gasteiger partial charge in [-0.05, 0) is 38.0 Å². The van der Waals surface area contributed by atoms with Gasteiger partial charge in [0.15, 0.2) is 11.5 Å². The number of benzene rings is 2. The third kappa shape index (κ3) is 1.60. The van der Waals surface area contributed by atoms with Gasteiger partial charge in [0.05, 0.1) is 11.1 Å². The lowest BCUT2D eigenvalue weighted by Gasteiger charge is -2.12. The second-order valence-electron chi connectivity index (χ2n) is 5.26. The number of hydrogen-bond acceptors (Lipinski definition) is 5. The van der Waals surface area contributed by atoms with Crippen LogP contribution < -0.4 is 11.2 Å². The van der Waals surface area contributed by atoms with Gasteiger partial charge in [-0.3, -0.25) is 4.79 Å². The number of aromatic hydroxyl groups is 2. The number of aryl methyl sites for hydroxylation is 3. The molecular formula is C16H15NO4. The number of anilines is 1. The highest BCUT2D eigenvalue weighted by molar-refractivity contribution is 6.00. The highest BCUT2D eigenvalue weighted by Crippen LogP contribution is 2.41. The lowest BCUT2D eigenvalue weighted by molar-refractivity contribution is 0.409. The number of fused-ring (bicyclic) bond motifs is 2. The number of nitrogens with two attached hydrogens (primary N) is 1. The van der Waals surface area contributed by atoms with Gasteiger partial charge >= 0.3 is 0 Å². The zero-order valence-electron chi connectivity index (χ0n) is 11.9. The summed E-state index contributed by atoms with van der Waals surface area (Å²) in [5.74, 6) is -1.03. The van der Waals surface area contributed by atoms with Crippen molar-refractivity contribution >= 4 is 27.6 Å². The van der Waals surface area contributed by atoms with Crippen LogP contribution >= 0.6 is 0 Å². The molecule has 1 aromatic heterocycles. The summed E-state index contributed by atoms with van der Waals surface area (Å²) >= 11 is 0. The average Bonchev–Trinajstić information content (AvgIpc) is 2.46. The van der Waals surface area contributed by atoms with E-state index in [1.54, 1.807) is 13.0 Å². The topological polar surface area (TPSA) is 96.7 Å². The minimum atomic E-state index is -0.540. The van der Waals surface area contributed by atoms with Crippen molar-refractivity contribution in [1.29, 1.82) is 0 Å². The Morgan fingerprint density at radius 3 is 2.33 bits per heavy atom. The fraction of sp³-hybridized carbons (Fsp3) is 0.188. The largest absolute Gasteiger partial charge is 0.504 e. The summed E-state index contributed by atoms with van der Waals surface area (Å²) in [5.41, 5.74) is 8.32. The van der Waals surface area contributed by atoms with Crippen LogP contribution in [0.25, 0.3) is 21.9 Å². The quantitative estimate of drug-likeness (QED) is 0.335. The third-order valence-electron chi connectivity index (χ3n) is 4.04. The predicted octanol–water partition coefficient (Wildman–Crippen LogP) is 2.86. The second-order valence-corrected chi connectivity index (χ2v) is 5.26. The molecule has 0 amide bonds. The van der Waals surface area contributed by atoms with E-state index < -0.39 is 11.5 Å². The number of nitrogen functional groups attached to an aromatic ring is 1. The Morgan fingerprint density at radius 2 is 1.67 bits per heavy atom. The van der Waals surface area contributed by atoms with E-state index >= 15 is 0 Å². The van der Waals surface area contributed by atoms with Gasteiger partial charge in [-0.1, -0.05) is 6.07 Å². The maximum absolute atomic E-state index is 12.6. The third-order valence-corrected chi connectivity index (χ3v) is 4.04. The Labute approximate surface area is 120 Å². The maximum atomic E-state index is 12.6. The van der Waals surface area contributed by atoms with Crippen molar-refractivity contribution in [2.75, 3.05) is 5.73 Å². The zero-order chi connectivity index (χ0) is 15.5. The number of hydrogen-bond donors (Lipinski definition) is 3. The summed E-state index contributed by atoms with van der Waals surface area (Å²) < 4.78 is 5.83. The SMILES string of the molecule is Cc1ccc2c(=O)c3c(O)c(O)c(N)c(C)c3oc2c1C. The van der Waals surface area contributed by atoms with E-state index in [4.69, 9.17) is 10.2 Å². The van der Waals surface area contributed by atoms with Gasteiger partial charge in [0.1, 0.15) is 16.6 Å². The van der Waals surface area contributed by atoms with Gasteiger partial charge in [-0.2, -0.15) is 0 Å². The molecule has 0 atom stereocenters. The molecule has 2 aromatic carbocycles. The first-order chi connectivity index (χ1) is 9.84. The van der Waals surface area contributed by atoms with E-state index in [9.17, 15) is 15.0 Å². The Morgan fingerprint density at radius 1 is 1.00 bits per heavy atom. The van der Waals surface area contributed by atoms with Crippen molar-refractivity contribution < 1.29 is 14.6 Å². The highest BCUT2D eigenvalue weighted by atomic mass is 16.3. The first-order valence-electron chi connectivity index (χ1n) is 6.51. The van der Waals surface area contributed by atoms with E-state index in [-0.39, 0.29) is 22.1 Å². The summed E-state index contributed by atoms with van der Waals surface area (Å²) in [7, 11) is 0. The van der Waals surface area contributed by atoms with Crippen LogP contribution in [0.1, 0.15) is 16.7 Å². The van der Waals surface area contributed by atoms with Crippen molar-refractivity contribution in [3.63, 3.8) is 0 Å². The van der Waals surface area contributed by atoms with Gasteiger partial charge < -0.3 is 20.4 Å². The molecule has 0 radical (unpaired) electrons. The summed E-state index contributed by atoms with van der Waals surface area (Å²) in [5, 5.41) is 20.2. The van der Waals surface area contributed by atoms with Crippen LogP contribution in [-0.2, 0) is 0 Å². The Bertz CT molecular complexity index is 970. The molecule has 0 spiro atoms. The standard InChI is InChI=1S/C16H15NO4/c1-6-4-5-9-12(18)10-13(19)14(20)11(17)8(3)16(10)21-15(9)7(6)2/h4-5,19-20H,17H2,1-3H3. The predicted molar refractivity (Wildman–Crippen MR) is 81.9 cm³/mol. The minimum absolute atomic E-state index is 0.00723.